The van der Waals surface area contributed by atoms with E-state index >= 15 is 0 Å². The minimum Gasteiger partial charge on any atom is -0.479 e. The molecule has 0 aliphatic heterocycles. The molecule has 1 atom stereocenters. The molecule has 0 aliphatic rings. The molecule has 0 radical (unpaired) electrons. The molecule has 5 heteroatoms. The van der Waals surface area contributed by atoms with Crippen molar-refractivity contribution in [2.75, 3.05) is 0 Å². The average molecular weight is 216 g/mol. The molecular formula is C10H10F2O3. The lowest BCUT2D eigenvalue weighted by Gasteiger charge is -2.08. The third-order valence-electron chi connectivity index (χ3n) is 1.85. The lowest BCUT2D eigenvalue weighted by molar-refractivity contribution is -0.149. The van der Waals surface area contributed by atoms with Crippen molar-refractivity contribution in [3.63, 3.8) is 0 Å². The van der Waals surface area contributed by atoms with Gasteiger partial charge in [0.15, 0.2) is 6.10 Å². The van der Waals surface area contributed by atoms with Crippen LogP contribution in [0.25, 0.3) is 0 Å². The molecule has 0 unspecified atom stereocenters. The number of carboxylic acids is 1. The average Bonchev–Trinajstić information content (AvgIpc) is 2.15. The maximum atomic E-state index is 13.0. The standard InChI is InChI=1S/C10H10F2O3/c1-6(10(13)14)15-5-7-2-3-8(11)4-9(7)12/h2-4,6H,5H2,1H3,(H,13,14)/t6-/m1/s1. The lowest BCUT2D eigenvalue weighted by Crippen LogP contribution is -2.19. The van der Waals surface area contributed by atoms with E-state index < -0.39 is 23.7 Å². The molecule has 1 N–H and O–H groups in total. The Bertz CT molecular complexity index is 366. The van der Waals surface area contributed by atoms with Crippen molar-refractivity contribution in [1.82, 2.24) is 0 Å². The Morgan fingerprint density at radius 1 is 1.53 bits per heavy atom. The molecule has 0 aliphatic carbocycles. The number of carboxylic acid groups (broad SMARTS) is 1. The number of hydrogen-bond donors (Lipinski definition) is 1. The fraction of sp³-hybridized carbons (Fsp3) is 0.300. The Morgan fingerprint density at radius 2 is 2.20 bits per heavy atom. The minimum absolute atomic E-state index is 0.129. The van der Waals surface area contributed by atoms with Gasteiger partial charge in [-0.2, -0.15) is 0 Å². The van der Waals surface area contributed by atoms with Crippen LogP contribution >= 0.6 is 0 Å². The van der Waals surface area contributed by atoms with Crippen LogP contribution in [-0.4, -0.2) is 17.2 Å². The van der Waals surface area contributed by atoms with E-state index in [-0.39, 0.29) is 12.2 Å². The van der Waals surface area contributed by atoms with Gasteiger partial charge >= 0.3 is 5.97 Å². The van der Waals surface area contributed by atoms with Crippen LogP contribution in [0.5, 0.6) is 0 Å². The monoisotopic (exact) mass is 216 g/mol. The lowest BCUT2D eigenvalue weighted by atomic mass is 10.2. The first-order chi connectivity index (χ1) is 7.00. The largest absolute Gasteiger partial charge is 0.479 e. The van der Waals surface area contributed by atoms with Gasteiger partial charge in [0.1, 0.15) is 11.6 Å². The molecule has 1 aromatic rings. The molecule has 0 bridgehead atoms. The SMILES string of the molecule is C[C@@H](OCc1ccc(F)cc1F)C(=O)O. The van der Waals surface area contributed by atoms with Crippen molar-refractivity contribution in [2.45, 2.75) is 19.6 Å². The van der Waals surface area contributed by atoms with Crippen LogP contribution in [-0.2, 0) is 16.1 Å². The van der Waals surface area contributed by atoms with Gasteiger partial charge in [-0.3, -0.25) is 0 Å². The quantitative estimate of drug-likeness (QED) is 0.836. The van der Waals surface area contributed by atoms with Crippen LogP contribution in [0.15, 0.2) is 18.2 Å². The van der Waals surface area contributed by atoms with Crippen LogP contribution in [0.1, 0.15) is 12.5 Å². The number of benzene rings is 1. The second-order valence-electron chi connectivity index (χ2n) is 3.03. The highest BCUT2D eigenvalue weighted by Crippen LogP contribution is 2.11. The molecule has 0 saturated heterocycles. The molecular weight excluding hydrogens is 206 g/mol. The van der Waals surface area contributed by atoms with Gasteiger partial charge in [-0.1, -0.05) is 6.07 Å². The third-order valence-corrected chi connectivity index (χ3v) is 1.85. The fourth-order valence-corrected chi connectivity index (χ4v) is 0.925. The molecule has 0 saturated carbocycles. The van der Waals surface area contributed by atoms with E-state index in [0.717, 1.165) is 12.1 Å². The van der Waals surface area contributed by atoms with Crippen LogP contribution in [0, 0.1) is 11.6 Å². The van der Waals surface area contributed by atoms with Gasteiger partial charge in [-0.25, -0.2) is 13.6 Å². The molecule has 0 spiro atoms. The predicted molar refractivity (Wildman–Crippen MR) is 48.2 cm³/mol. The second kappa shape index (κ2) is 4.84. The first kappa shape index (κ1) is 11.6. The smallest absolute Gasteiger partial charge is 0.332 e. The summed E-state index contributed by atoms with van der Waals surface area (Å²) >= 11 is 0. The number of aliphatic carboxylic acids is 1. The van der Waals surface area contributed by atoms with E-state index in [2.05, 4.69) is 0 Å². The molecule has 0 heterocycles. The summed E-state index contributed by atoms with van der Waals surface area (Å²) in [6, 6.07) is 3.04. The van der Waals surface area contributed by atoms with E-state index in [9.17, 15) is 13.6 Å². The van der Waals surface area contributed by atoms with Crippen LogP contribution < -0.4 is 0 Å². The van der Waals surface area contributed by atoms with Gasteiger partial charge in [-0.15, -0.1) is 0 Å². The Kier molecular flexibility index (Phi) is 3.74. The van der Waals surface area contributed by atoms with E-state index in [1.165, 1.54) is 13.0 Å². The zero-order chi connectivity index (χ0) is 11.4. The molecule has 15 heavy (non-hydrogen) atoms. The van der Waals surface area contributed by atoms with Crippen molar-refractivity contribution in [2.24, 2.45) is 0 Å². The second-order valence-corrected chi connectivity index (χ2v) is 3.03. The molecule has 3 nitrogen and oxygen atoms in total. The Labute approximate surface area is 85.3 Å². The summed E-state index contributed by atoms with van der Waals surface area (Å²) in [4.78, 5) is 10.4. The van der Waals surface area contributed by atoms with Crippen molar-refractivity contribution >= 4 is 5.97 Å². The zero-order valence-corrected chi connectivity index (χ0v) is 8.04. The highest BCUT2D eigenvalue weighted by atomic mass is 19.1. The topological polar surface area (TPSA) is 46.5 Å². The van der Waals surface area contributed by atoms with E-state index in [0.29, 0.717) is 0 Å². The summed E-state index contributed by atoms with van der Waals surface area (Å²) in [6.45, 7) is 1.14. The molecule has 1 rings (SSSR count). The molecule has 0 fully saturated rings. The summed E-state index contributed by atoms with van der Waals surface area (Å²) in [7, 11) is 0. The Hall–Kier alpha value is -1.49. The van der Waals surface area contributed by atoms with Gasteiger partial charge in [0.2, 0.25) is 0 Å². The van der Waals surface area contributed by atoms with Crippen molar-refractivity contribution in [3.05, 3.63) is 35.4 Å². The molecule has 82 valence electrons. The number of hydrogen-bond acceptors (Lipinski definition) is 2. The molecule has 0 aromatic heterocycles. The Morgan fingerprint density at radius 3 is 2.73 bits per heavy atom. The minimum atomic E-state index is -1.13. The zero-order valence-electron chi connectivity index (χ0n) is 8.04. The van der Waals surface area contributed by atoms with E-state index in [4.69, 9.17) is 9.84 Å². The maximum Gasteiger partial charge on any atom is 0.332 e. The van der Waals surface area contributed by atoms with Gasteiger partial charge < -0.3 is 9.84 Å². The van der Waals surface area contributed by atoms with E-state index in [1.807, 2.05) is 0 Å². The van der Waals surface area contributed by atoms with Crippen molar-refractivity contribution < 1.29 is 23.4 Å². The van der Waals surface area contributed by atoms with Gasteiger partial charge in [0, 0.05) is 11.6 Å². The summed E-state index contributed by atoms with van der Waals surface area (Å²) in [5, 5.41) is 8.49. The Balaban J connectivity index is 2.62. The number of ether oxygens (including phenoxy) is 1. The van der Waals surface area contributed by atoms with Crippen LogP contribution in [0.2, 0.25) is 0 Å². The summed E-state index contributed by atoms with van der Waals surface area (Å²) in [6.07, 6.45) is -1.02. The maximum absolute atomic E-state index is 13.0. The number of rotatable bonds is 4. The number of halogens is 2. The van der Waals surface area contributed by atoms with Crippen LogP contribution in [0.4, 0.5) is 8.78 Å². The molecule has 0 amide bonds. The normalized spacial score (nSPS) is 12.5. The predicted octanol–water partition coefficient (Wildman–Crippen LogP) is 1.95. The fourth-order valence-electron chi connectivity index (χ4n) is 0.925. The highest BCUT2D eigenvalue weighted by Gasteiger charge is 2.12. The van der Waals surface area contributed by atoms with Crippen molar-refractivity contribution in [1.29, 1.82) is 0 Å². The molecule has 1 aromatic carbocycles. The van der Waals surface area contributed by atoms with Gasteiger partial charge in [0.05, 0.1) is 6.61 Å². The third kappa shape index (κ3) is 3.28. The first-order valence-electron chi connectivity index (χ1n) is 4.29. The van der Waals surface area contributed by atoms with E-state index in [1.54, 1.807) is 0 Å². The van der Waals surface area contributed by atoms with Gasteiger partial charge in [0.25, 0.3) is 0 Å². The van der Waals surface area contributed by atoms with Gasteiger partial charge in [-0.05, 0) is 13.0 Å². The number of carbonyl (C=O) groups is 1. The summed E-state index contributed by atoms with van der Waals surface area (Å²) in [5.74, 6) is -2.55. The summed E-state index contributed by atoms with van der Waals surface area (Å²) in [5.41, 5.74) is 0.129. The van der Waals surface area contributed by atoms with Crippen LogP contribution in [0.3, 0.4) is 0 Å². The summed E-state index contributed by atoms with van der Waals surface area (Å²) < 4.78 is 30.4. The first-order valence-corrected chi connectivity index (χ1v) is 4.29. The highest BCUT2D eigenvalue weighted by molar-refractivity contribution is 5.71. The van der Waals surface area contributed by atoms with Crippen molar-refractivity contribution in [3.8, 4) is 0 Å².